The summed E-state index contributed by atoms with van der Waals surface area (Å²) in [5.74, 6) is -0.0856. The molecule has 0 unspecified atom stereocenters. The fourth-order valence-corrected chi connectivity index (χ4v) is 3.34. The second-order valence-corrected chi connectivity index (χ2v) is 8.08. The van der Waals surface area contributed by atoms with E-state index in [1.807, 2.05) is 12.1 Å². The van der Waals surface area contributed by atoms with Gasteiger partial charge in [-0.1, -0.05) is 26.0 Å². The Labute approximate surface area is 183 Å². The number of amides is 2. The van der Waals surface area contributed by atoms with Gasteiger partial charge in [0, 0.05) is 37.8 Å². The van der Waals surface area contributed by atoms with Crippen molar-refractivity contribution in [2.24, 2.45) is 5.73 Å². The molecule has 7 nitrogen and oxygen atoms in total. The number of likely N-dealkylation sites (tertiary alicyclic amines) is 1. The summed E-state index contributed by atoms with van der Waals surface area (Å²) in [5, 5.41) is 2.64. The number of halogens is 3. The molecule has 32 heavy (non-hydrogen) atoms. The number of rotatable bonds is 4. The van der Waals surface area contributed by atoms with E-state index in [0.29, 0.717) is 11.6 Å². The summed E-state index contributed by atoms with van der Waals surface area (Å²) < 4.78 is 43.3. The van der Waals surface area contributed by atoms with Gasteiger partial charge in [-0.15, -0.1) is 0 Å². The third-order valence-electron chi connectivity index (χ3n) is 5.32. The van der Waals surface area contributed by atoms with Crippen molar-refractivity contribution in [1.29, 1.82) is 0 Å². The third kappa shape index (κ3) is 5.76. The van der Waals surface area contributed by atoms with Crippen LogP contribution in [0.3, 0.4) is 0 Å². The van der Waals surface area contributed by atoms with E-state index in [9.17, 15) is 22.8 Å². The van der Waals surface area contributed by atoms with Crippen molar-refractivity contribution in [3.8, 4) is 0 Å². The first kappa shape index (κ1) is 23.5. The van der Waals surface area contributed by atoms with E-state index in [0.717, 1.165) is 23.9 Å². The largest absolute Gasteiger partial charge is 0.433 e. The number of nitrogens with two attached hydrogens (primary N) is 1. The number of ether oxygens (including phenoxy) is 1. The molecule has 1 aromatic carbocycles. The summed E-state index contributed by atoms with van der Waals surface area (Å²) >= 11 is 0. The molecule has 3 rings (SSSR count). The predicted octanol–water partition coefficient (Wildman–Crippen LogP) is 4.36. The number of aromatic nitrogens is 1. The zero-order valence-corrected chi connectivity index (χ0v) is 17.8. The van der Waals surface area contributed by atoms with Crippen molar-refractivity contribution in [3.63, 3.8) is 0 Å². The lowest BCUT2D eigenvalue weighted by atomic mass is 10.0. The first-order valence-corrected chi connectivity index (χ1v) is 10.2. The molecule has 0 spiro atoms. The van der Waals surface area contributed by atoms with Crippen molar-refractivity contribution in [2.75, 3.05) is 18.4 Å². The molecule has 172 valence electrons. The second kappa shape index (κ2) is 9.15. The van der Waals surface area contributed by atoms with Crippen LogP contribution >= 0.6 is 0 Å². The topological polar surface area (TPSA) is 97.5 Å². The van der Waals surface area contributed by atoms with Gasteiger partial charge in [-0.3, -0.25) is 20.8 Å². The highest BCUT2D eigenvalue weighted by molar-refractivity contribution is 5.94. The highest BCUT2D eigenvalue weighted by atomic mass is 19.4. The first-order valence-electron chi connectivity index (χ1n) is 10.2. The summed E-state index contributed by atoms with van der Waals surface area (Å²) in [7, 11) is 0. The quantitative estimate of drug-likeness (QED) is 0.675. The van der Waals surface area contributed by atoms with Crippen molar-refractivity contribution in [1.82, 2.24) is 9.88 Å². The number of piperidine rings is 1. The molecule has 2 aromatic rings. The summed E-state index contributed by atoms with van der Waals surface area (Å²) in [5.41, 5.74) is 5.63. The zero-order chi connectivity index (χ0) is 23.5. The molecule has 1 aromatic heterocycles. The van der Waals surface area contributed by atoms with Gasteiger partial charge in [0.05, 0.1) is 5.56 Å². The molecule has 1 saturated heterocycles. The van der Waals surface area contributed by atoms with Gasteiger partial charge in [-0.2, -0.15) is 13.2 Å². The molecule has 0 saturated carbocycles. The maximum absolute atomic E-state index is 12.6. The molecule has 2 amide bonds. The number of hydrogen-bond acceptors (Lipinski definition) is 5. The van der Waals surface area contributed by atoms with Crippen LogP contribution in [-0.2, 0) is 10.9 Å². The Bertz CT molecular complexity index is 952. The maximum atomic E-state index is 12.6. The predicted molar refractivity (Wildman–Crippen MR) is 112 cm³/mol. The van der Waals surface area contributed by atoms with Crippen LogP contribution in [0.2, 0.25) is 0 Å². The molecule has 10 heteroatoms. The summed E-state index contributed by atoms with van der Waals surface area (Å²) in [4.78, 5) is 29.6. The van der Waals surface area contributed by atoms with E-state index in [2.05, 4.69) is 24.1 Å². The van der Waals surface area contributed by atoms with Gasteiger partial charge in [-0.25, -0.2) is 4.79 Å². The van der Waals surface area contributed by atoms with Crippen LogP contribution in [0.4, 0.5) is 23.7 Å². The molecule has 3 N–H and O–H groups in total. The van der Waals surface area contributed by atoms with Crippen molar-refractivity contribution < 1.29 is 27.5 Å². The fourth-order valence-electron chi connectivity index (χ4n) is 3.34. The minimum absolute atomic E-state index is 0.0472. The van der Waals surface area contributed by atoms with Crippen molar-refractivity contribution >= 4 is 17.7 Å². The Hall–Kier alpha value is -3.14. The molecule has 1 aliphatic heterocycles. The fraction of sp³-hybridized carbons (Fsp3) is 0.409. The lowest BCUT2D eigenvalue weighted by Gasteiger charge is -2.38. The van der Waals surface area contributed by atoms with Crippen molar-refractivity contribution in [2.45, 2.75) is 44.5 Å². The van der Waals surface area contributed by atoms with E-state index >= 15 is 0 Å². The molecule has 0 atom stereocenters. The summed E-state index contributed by atoms with van der Waals surface area (Å²) in [6, 6.07) is 9.25. The van der Waals surface area contributed by atoms with Gasteiger partial charge in [-0.05, 0) is 35.7 Å². The van der Waals surface area contributed by atoms with Gasteiger partial charge in [0.2, 0.25) is 0 Å². The minimum Gasteiger partial charge on any atom is -0.428 e. The molecule has 1 fully saturated rings. The molecule has 1 aliphatic rings. The van der Waals surface area contributed by atoms with Crippen molar-refractivity contribution in [3.05, 3.63) is 59.4 Å². The monoisotopic (exact) mass is 450 g/mol. The number of benzene rings is 1. The van der Waals surface area contributed by atoms with Crippen LogP contribution in [-0.4, -0.2) is 40.7 Å². The number of nitrogens with zero attached hydrogens (tertiary/aromatic N) is 2. The van der Waals surface area contributed by atoms with Gasteiger partial charge in [0.1, 0.15) is 5.69 Å². The second-order valence-electron chi connectivity index (χ2n) is 8.08. The number of alkyl halides is 3. The van der Waals surface area contributed by atoms with Crippen LogP contribution in [0, 0.1) is 0 Å². The molecule has 0 aliphatic carbocycles. The van der Waals surface area contributed by atoms with E-state index in [1.165, 1.54) is 4.90 Å². The summed E-state index contributed by atoms with van der Waals surface area (Å²) in [6.07, 6.45) is -3.99. The van der Waals surface area contributed by atoms with Crippen LogP contribution in [0.15, 0.2) is 42.6 Å². The van der Waals surface area contributed by atoms with Gasteiger partial charge >= 0.3 is 12.3 Å². The Kier molecular flexibility index (Phi) is 6.73. The highest BCUT2D eigenvalue weighted by Gasteiger charge is 2.37. The highest BCUT2D eigenvalue weighted by Crippen LogP contribution is 2.28. The minimum atomic E-state index is -4.57. The Morgan fingerprint density at radius 2 is 1.75 bits per heavy atom. The number of carbonyl (C=O) groups excluding carboxylic acids is 2. The lowest BCUT2D eigenvalue weighted by molar-refractivity contribution is -0.141. The number of carbonyl (C=O) groups is 2. The first-order chi connectivity index (χ1) is 15.0. The standard InChI is InChI=1S/C22H25F3N4O3/c1-14(2)15-3-6-17(7-4-15)28-20(31)32-21(26)9-11-29(12-10-21)19(30)16-5-8-18(27-13-16)22(23,24)25/h3-8,13-14H,9-12,26H2,1-2H3,(H,28,31). The SMILES string of the molecule is CC(C)c1ccc(NC(=O)OC2(N)CCN(C(=O)c3ccc(C(F)(F)F)nc3)CC2)cc1. The van der Waals surface area contributed by atoms with E-state index < -0.39 is 29.6 Å². The summed E-state index contributed by atoms with van der Waals surface area (Å²) in [6.45, 7) is 4.51. The van der Waals surface area contributed by atoms with E-state index in [1.54, 1.807) is 12.1 Å². The molecule has 2 heterocycles. The van der Waals surface area contributed by atoms with Crippen LogP contribution in [0.25, 0.3) is 0 Å². The number of pyridine rings is 1. The average molecular weight is 450 g/mol. The van der Waals surface area contributed by atoms with Gasteiger partial charge in [0.15, 0.2) is 5.72 Å². The molecular weight excluding hydrogens is 425 g/mol. The number of nitrogens with one attached hydrogen (secondary N) is 1. The maximum Gasteiger partial charge on any atom is 0.433 e. The van der Waals surface area contributed by atoms with E-state index in [-0.39, 0.29) is 31.5 Å². The Morgan fingerprint density at radius 3 is 2.25 bits per heavy atom. The average Bonchev–Trinajstić information content (AvgIpc) is 2.73. The Balaban J connectivity index is 1.53. The normalized spacial score (nSPS) is 16.0. The van der Waals surface area contributed by atoms with Gasteiger partial charge < -0.3 is 9.64 Å². The van der Waals surface area contributed by atoms with E-state index in [4.69, 9.17) is 10.5 Å². The van der Waals surface area contributed by atoms with Crippen LogP contribution in [0.1, 0.15) is 54.2 Å². The van der Waals surface area contributed by atoms with Crippen LogP contribution < -0.4 is 11.1 Å². The molecule has 0 bridgehead atoms. The van der Waals surface area contributed by atoms with Gasteiger partial charge in [0.25, 0.3) is 5.91 Å². The molecule has 0 radical (unpaired) electrons. The number of hydrogen-bond donors (Lipinski definition) is 2. The zero-order valence-electron chi connectivity index (χ0n) is 17.8. The molecular formula is C22H25F3N4O3. The third-order valence-corrected chi connectivity index (χ3v) is 5.32. The number of anilines is 1. The van der Waals surface area contributed by atoms with Crippen LogP contribution in [0.5, 0.6) is 0 Å². The smallest absolute Gasteiger partial charge is 0.428 e. The Morgan fingerprint density at radius 1 is 1.12 bits per heavy atom. The lowest BCUT2D eigenvalue weighted by Crippen LogP contribution is -2.54.